The number of amides is 1. The number of rotatable bonds is 5. The van der Waals surface area contributed by atoms with Crippen LogP contribution in [0, 0.1) is 5.82 Å². The largest absolute Gasteiger partial charge is 0.457 e. The third-order valence-electron chi connectivity index (χ3n) is 4.05. The predicted octanol–water partition coefficient (Wildman–Crippen LogP) is 5.26. The zero-order chi connectivity index (χ0) is 19.3. The van der Waals surface area contributed by atoms with E-state index in [2.05, 4.69) is 15.5 Å². The minimum Gasteiger partial charge on any atom is -0.457 e. The molecule has 1 amide bonds. The SMILES string of the molecule is O=C(Nc1ccc(Oc2ccccc2)cc1)c1cc(-c2ccc(F)cc2)n[nH]1. The Labute approximate surface area is 160 Å². The number of carbonyl (C=O) groups excluding carboxylic acids is 1. The molecule has 5 nitrogen and oxygen atoms in total. The van der Waals surface area contributed by atoms with Gasteiger partial charge in [-0.05, 0) is 66.7 Å². The van der Waals surface area contributed by atoms with E-state index in [1.165, 1.54) is 12.1 Å². The van der Waals surface area contributed by atoms with Crippen LogP contribution in [0.1, 0.15) is 10.5 Å². The number of para-hydroxylation sites is 1. The number of aromatic amines is 1. The van der Waals surface area contributed by atoms with Crippen LogP contribution in [0.5, 0.6) is 11.5 Å². The molecule has 1 aromatic heterocycles. The van der Waals surface area contributed by atoms with Gasteiger partial charge in [0, 0.05) is 11.3 Å². The smallest absolute Gasteiger partial charge is 0.273 e. The van der Waals surface area contributed by atoms with Gasteiger partial charge >= 0.3 is 0 Å². The number of hydrogen-bond donors (Lipinski definition) is 2. The molecular formula is C22H16FN3O2. The van der Waals surface area contributed by atoms with E-state index in [4.69, 9.17) is 4.74 Å². The number of aromatic nitrogens is 2. The molecule has 0 saturated heterocycles. The van der Waals surface area contributed by atoms with E-state index in [0.717, 1.165) is 11.3 Å². The molecule has 0 aliphatic carbocycles. The lowest BCUT2D eigenvalue weighted by molar-refractivity contribution is 0.102. The average molecular weight is 373 g/mol. The van der Waals surface area contributed by atoms with Gasteiger partial charge in [-0.15, -0.1) is 0 Å². The van der Waals surface area contributed by atoms with Gasteiger partial charge in [0.2, 0.25) is 0 Å². The van der Waals surface area contributed by atoms with Crippen molar-refractivity contribution in [2.24, 2.45) is 0 Å². The Morgan fingerprint density at radius 2 is 1.57 bits per heavy atom. The van der Waals surface area contributed by atoms with Crippen molar-refractivity contribution < 1.29 is 13.9 Å². The first kappa shape index (κ1) is 17.5. The molecule has 0 atom stereocenters. The topological polar surface area (TPSA) is 67.0 Å². The highest BCUT2D eigenvalue weighted by Crippen LogP contribution is 2.23. The van der Waals surface area contributed by atoms with Crippen molar-refractivity contribution in [2.75, 3.05) is 5.32 Å². The van der Waals surface area contributed by atoms with Gasteiger partial charge in [0.25, 0.3) is 5.91 Å². The van der Waals surface area contributed by atoms with Crippen molar-refractivity contribution in [2.45, 2.75) is 0 Å². The molecule has 0 bridgehead atoms. The number of nitrogens with zero attached hydrogens (tertiary/aromatic N) is 1. The number of H-pyrrole nitrogens is 1. The normalized spacial score (nSPS) is 10.5. The molecular weight excluding hydrogens is 357 g/mol. The van der Waals surface area contributed by atoms with Crippen LogP contribution in [0.2, 0.25) is 0 Å². The van der Waals surface area contributed by atoms with Crippen molar-refractivity contribution in [3.05, 3.63) is 96.4 Å². The van der Waals surface area contributed by atoms with Gasteiger partial charge in [-0.25, -0.2) is 4.39 Å². The second kappa shape index (κ2) is 7.75. The molecule has 0 spiro atoms. The summed E-state index contributed by atoms with van der Waals surface area (Å²) in [6.07, 6.45) is 0. The molecule has 6 heteroatoms. The maximum atomic E-state index is 13.0. The standard InChI is InChI=1S/C22H16FN3O2/c23-16-8-6-15(7-9-16)20-14-21(26-25-20)22(27)24-17-10-12-19(13-11-17)28-18-4-2-1-3-5-18/h1-14H,(H,24,27)(H,25,26). The molecule has 0 aliphatic heterocycles. The van der Waals surface area contributed by atoms with Crippen molar-refractivity contribution in [1.29, 1.82) is 0 Å². The Morgan fingerprint density at radius 1 is 0.893 bits per heavy atom. The summed E-state index contributed by atoms with van der Waals surface area (Å²) in [6, 6.07) is 24.1. The summed E-state index contributed by atoms with van der Waals surface area (Å²) < 4.78 is 18.8. The highest BCUT2D eigenvalue weighted by Gasteiger charge is 2.11. The third kappa shape index (κ3) is 4.07. The average Bonchev–Trinajstić information content (AvgIpc) is 3.21. The Morgan fingerprint density at radius 3 is 2.29 bits per heavy atom. The van der Waals surface area contributed by atoms with E-state index in [1.807, 2.05) is 30.3 Å². The first-order valence-electron chi connectivity index (χ1n) is 8.63. The summed E-state index contributed by atoms with van der Waals surface area (Å²) in [5, 5.41) is 9.61. The summed E-state index contributed by atoms with van der Waals surface area (Å²) in [6.45, 7) is 0. The number of ether oxygens (including phenoxy) is 1. The van der Waals surface area contributed by atoms with Gasteiger partial charge in [0.1, 0.15) is 23.0 Å². The van der Waals surface area contributed by atoms with Gasteiger partial charge in [-0.3, -0.25) is 9.89 Å². The Kier molecular flexibility index (Phi) is 4.84. The van der Waals surface area contributed by atoms with Gasteiger partial charge in [-0.1, -0.05) is 18.2 Å². The number of anilines is 1. The quantitative estimate of drug-likeness (QED) is 0.501. The van der Waals surface area contributed by atoms with Gasteiger partial charge in [0.15, 0.2) is 0 Å². The molecule has 0 aliphatic rings. The van der Waals surface area contributed by atoms with Crippen LogP contribution in [0.3, 0.4) is 0 Å². The van der Waals surface area contributed by atoms with Gasteiger partial charge < -0.3 is 10.1 Å². The van der Waals surface area contributed by atoms with Crippen LogP contribution < -0.4 is 10.1 Å². The summed E-state index contributed by atoms with van der Waals surface area (Å²) >= 11 is 0. The number of nitrogens with one attached hydrogen (secondary N) is 2. The Bertz CT molecular complexity index is 1070. The highest BCUT2D eigenvalue weighted by atomic mass is 19.1. The monoisotopic (exact) mass is 373 g/mol. The highest BCUT2D eigenvalue weighted by molar-refractivity contribution is 6.03. The first-order valence-corrected chi connectivity index (χ1v) is 8.63. The van der Waals surface area contributed by atoms with Crippen molar-refractivity contribution >= 4 is 11.6 Å². The number of benzene rings is 3. The van der Waals surface area contributed by atoms with Gasteiger partial charge in [0.05, 0.1) is 5.69 Å². The summed E-state index contributed by atoms with van der Waals surface area (Å²) in [5.41, 5.74) is 2.23. The van der Waals surface area contributed by atoms with Crippen LogP contribution in [0.15, 0.2) is 84.9 Å². The van der Waals surface area contributed by atoms with Crippen molar-refractivity contribution in [3.63, 3.8) is 0 Å². The van der Waals surface area contributed by atoms with E-state index in [1.54, 1.807) is 42.5 Å². The van der Waals surface area contributed by atoms with Crippen LogP contribution in [0.25, 0.3) is 11.3 Å². The van der Waals surface area contributed by atoms with E-state index in [9.17, 15) is 9.18 Å². The number of hydrogen-bond acceptors (Lipinski definition) is 3. The Hall–Kier alpha value is -3.93. The van der Waals surface area contributed by atoms with Crippen LogP contribution >= 0.6 is 0 Å². The minimum absolute atomic E-state index is 0.309. The molecule has 28 heavy (non-hydrogen) atoms. The predicted molar refractivity (Wildman–Crippen MR) is 105 cm³/mol. The van der Waals surface area contributed by atoms with E-state index < -0.39 is 0 Å². The van der Waals surface area contributed by atoms with E-state index in [-0.39, 0.29) is 11.7 Å². The maximum absolute atomic E-state index is 13.0. The summed E-state index contributed by atoms with van der Waals surface area (Å²) in [4.78, 5) is 12.4. The number of halogens is 1. The fraction of sp³-hybridized carbons (Fsp3) is 0. The molecule has 0 radical (unpaired) electrons. The van der Waals surface area contributed by atoms with Crippen molar-refractivity contribution in [3.8, 4) is 22.8 Å². The maximum Gasteiger partial charge on any atom is 0.273 e. The molecule has 138 valence electrons. The molecule has 1 heterocycles. The zero-order valence-electron chi connectivity index (χ0n) is 14.7. The molecule has 3 aromatic carbocycles. The minimum atomic E-state index is -0.322. The molecule has 0 fully saturated rings. The second-order valence-corrected chi connectivity index (χ2v) is 6.07. The first-order chi connectivity index (χ1) is 13.7. The molecule has 4 rings (SSSR count). The fourth-order valence-corrected chi connectivity index (χ4v) is 2.64. The number of carbonyl (C=O) groups is 1. The van der Waals surface area contributed by atoms with Crippen molar-refractivity contribution in [1.82, 2.24) is 10.2 Å². The molecule has 2 N–H and O–H groups in total. The fourth-order valence-electron chi connectivity index (χ4n) is 2.64. The Balaban J connectivity index is 1.41. The second-order valence-electron chi connectivity index (χ2n) is 6.07. The lowest BCUT2D eigenvalue weighted by atomic mass is 10.1. The zero-order valence-corrected chi connectivity index (χ0v) is 14.7. The van der Waals surface area contributed by atoms with Crippen LogP contribution in [-0.2, 0) is 0 Å². The van der Waals surface area contributed by atoms with E-state index in [0.29, 0.717) is 22.8 Å². The molecule has 0 saturated carbocycles. The third-order valence-corrected chi connectivity index (χ3v) is 4.05. The van der Waals surface area contributed by atoms with Crippen LogP contribution in [-0.4, -0.2) is 16.1 Å². The lowest BCUT2D eigenvalue weighted by Gasteiger charge is -2.07. The van der Waals surface area contributed by atoms with Crippen LogP contribution in [0.4, 0.5) is 10.1 Å². The summed E-state index contributed by atoms with van der Waals surface area (Å²) in [5.74, 6) is 0.768. The summed E-state index contributed by atoms with van der Waals surface area (Å²) in [7, 11) is 0. The molecule has 0 unspecified atom stereocenters. The van der Waals surface area contributed by atoms with Gasteiger partial charge in [-0.2, -0.15) is 5.10 Å². The van der Waals surface area contributed by atoms with E-state index >= 15 is 0 Å². The molecule has 4 aromatic rings. The lowest BCUT2D eigenvalue weighted by Crippen LogP contribution is -2.12.